The second-order valence-corrected chi connectivity index (χ2v) is 4.28. The zero-order chi connectivity index (χ0) is 9.10. The molecule has 0 radical (unpaired) electrons. The summed E-state index contributed by atoms with van der Waals surface area (Å²) < 4.78 is 6.02. The molecule has 0 bridgehead atoms. The van der Waals surface area contributed by atoms with Crippen LogP contribution in [0.25, 0.3) is 0 Å². The Morgan fingerprint density at radius 3 is 2.92 bits per heavy atom. The third-order valence-electron chi connectivity index (χ3n) is 2.98. The molecular formula is C10H20N2O. The average molecular weight is 184 g/mol. The summed E-state index contributed by atoms with van der Waals surface area (Å²) in [5.41, 5.74) is 0. The van der Waals surface area contributed by atoms with Gasteiger partial charge in [-0.3, -0.25) is 0 Å². The SMILES string of the molecule is CN1CCC[C@H](O[C@@H]2CCNC2)C1. The van der Waals surface area contributed by atoms with E-state index < -0.39 is 0 Å². The van der Waals surface area contributed by atoms with Gasteiger partial charge >= 0.3 is 0 Å². The number of likely N-dealkylation sites (N-methyl/N-ethyl adjacent to an activating group) is 1. The molecule has 0 aromatic carbocycles. The van der Waals surface area contributed by atoms with E-state index in [9.17, 15) is 0 Å². The molecule has 2 atom stereocenters. The fourth-order valence-electron chi connectivity index (χ4n) is 2.25. The number of hydrogen-bond donors (Lipinski definition) is 1. The minimum absolute atomic E-state index is 0.483. The van der Waals surface area contributed by atoms with Crippen molar-refractivity contribution in [2.24, 2.45) is 0 Å². The van der Waals surface area contributed by atoms with Gasteiger partial charge in [0, 0.05) is 13.1 Å². The minimum atomic E-state index is 0.483. The number of nitrogens with zero attached hydrogens (tertiary/aromatic N) is 1. The summed E-state index contributed by atoms with van der Waals surface area (Å²) in [5.74, 6) is 0. The second kappa shape index (κ2) is 4.40. The molecule has 3 heteroatoms. The van der Waals surface area contributed by atoms with Crippen LogP contribution in [0.3, 0.4) is 0 Å². The van der Waals surface area contributed by atoms with Crippen LogP contribution in [0.4, 0.5) is 0 Å². The largest absolute Gasteiger partial charge is 0.372 e. The van der Waals surface area contributed by atoms with E-state index in [0.717, 1.165) is 19.6 Å². The molecule has 0 spiro atoms. The van der Waals surface area contributed by atoms with Gasteiger partial charge in [-0.05, 0) is 39.4 Å². The molecular weight excluding hydrogens is 164 g/mol. The number of hydrogen-bond acceptors (Lipinski definition) is 3. The zero-order valence-corrected chi connectivity index (χ0v) is 8.46. The van der Waals surface area contributed by atoms with E-state index >= 15 is 0 Å². The van der Waals surface area contributed by atoms with Crippen molar-refractivity contribution in [3.8, 4) is 0 Å². The fourth-order valence-corrected chi connectivity index (χ4v) is 2.25. The maximum Gasteiger partial charge on any atom is 0.0715 e. The summed E-state index contributed by atoms with van der Waals surface area (Å²) in [7, 11) is 2.18. The molecule has 0 aromatic rings. The van der Waals surface area contributed by atoms with E-state index in [1.54, 1.807) is 0 Å². The molecule has 0 saturated carbocycles. The van der Waals surface area contributed by atoms with Crippen LogP contribution >= 0.6 is 0 Å². The van der Waals surface area contributed by atoms with Gasteiger partial charge in [-0.2, -0.15) is 0 Å². The molecule has 13 heavy (non-hydrogen) atoms. The maximum atomic E-state index is 6.02. The van der Waals surface area contributed by atoms with E-state index in [1.165, 1.54) is 25.8 Å². The van der Waals surface area contributed by atoms with Gasteiger partial charge in [0.1, 0.15) is 0 Å². The van der Waals surface area contributed by atoms with Crippen molar-refractivity contribution >= 4 is 0 Å². The van der Waals surface area contributed by atoms with Crippen LogP contribution in [0.15, 0.2) is 0 Å². The van der Waals surface area contributed by atoms with Gasteiger partial charge in [-0.15, -0.1) is 0 Å². The lowest BCUT2D eigenvalue weighted by Gasteiger charge is -2.31. The van der Waals surface area contributed by atoms with Gasteiger partial charge in [-0.25, -0.2) is 0 Å². The van der Waals surface area contributed by atoms with Crippen molar-refractivity contribution in [1.82, 2.24) is 10.2 Å². The van der Waals surface area contributed by atoms with Crippen LogP contribution in [0, 0.1) is 0 Å². The predicted molar refractivity (Wildman–Crippen MR) is 52.9 cm³/mol. The van der Waals surface area contributed by atoms with Gasteiger partial charge in [0.05, 0.1) is 12.2 Å². The molecule has 2 aliphatic rings. The van der Waals surface area contributed by atoms with E-state index in [1.807, 2.05) is 0 Å². The Balaban J connectivity index is 1.73. The summed E-state index contributed by atoms with van der Waals surface area (Å²) in [4.78, 5) is 2.37. The number of likely N-dealkylation sites (tertiary alicyclic amines) is 1. The summed E-state index contributed by atoms with van der Waals surface area (Å²) in [5, 5.41) is 3.33. The Morgan fingerprint density at radius 2 is 2.23 bits per heavy atom. The summed E-state index contributed by atoms with van der Waals surface area (Å²) >= 11 is 0. The van der Waals surface area contributed by atoms with Crippen LogP contribution in [0.1, 0.15) is 19.3 Å². The maximum absolute atomic E-state index is 6.02. The quantitative estimate of drug-likeness (QED) is 0.675. The zero-order valence-electron chi connectivity index (χ0n) is 8.46. The van der Waals surface area contributed by atoms with Gasteiger partial charge in [0.15, 0.2) is 0 Å². The lowest BCUT2D eigenvalue weighted by Crippen LogP contribution is -2.39. The molecule has 3 nitrogen and oxygen atoms in total. The second-order valence-electron chi connectivity index (χ2n) is 4.28. The van der Waals surface area contributed by atoms with Gasteiger partial charge in [-0.1, -0.05) is 0 Å². The van der Waals surface area contributed by atoms with E-state index in [4.69, 9.17) is 4.74 Å². The van der Waals surface area contributed by atoms with Crippen LogP contribution in [0.2, 0.25) is 0 Å². The third kappa shape index (κ3) is 2.66. The lowest BCUT2D eigenvalue weighted by molar-refractivity contribution is -0.0347. The van der Waals surface area contributed by atoms with Gasteiger partial charge in [0.2, 0.25) is 0 Å². The predicted octanol–water partition coefficient (Wildman–Crippen LogP) is 0.459. The fraction of sp³-hybridized carbons (Fsp3) is 1.00. The molecule has 0 aromatic heterocycles. The lowest BCUT2D eigenvalue weighted by atomic mass is 10.1. The monoisotopic (exact) mass is 184 g/mol. The van der Waals surface area contributed by atoms with Gasteiger partial charge < -0.3 is 15.0 Å². The van der Waals surface area contributed by atoms with Crippen LogP contribution in [0.5, 0.6) is 0 Å². The molecule has 0 amide bonds. The highest BCUT2D eigenvalue weighted by atomic mass is 16.5. The number of ether oxygens (including phenoxy) is 1. The first-order valence-corrected chi connectivity index (χ1v) is 5.39. The Bertz CT molecular complexity index is 157. The Hall–Kier alpha value is -0.120. The molecule has 2 saturated heterocycles. The number of piperidine rings is 1. The normalized spacial score (nSPS) is 36.7. The summed E-state index contributed by atoms with van der Waals surface area (Å²) in [6, 6.07) is 0. The summed E-state index contributed by atoms with van der Waals surface area (Å²) in [6.07, 6.45) is 4.71. The van der Waals surface area contributed by atoms with Crippen molar-refractivity contribution in [2.75, 3.05) is 33.2 Å². The first-order chi connectivity index (χ1) is 6.34. The van der Waals surface area contributed by atoms with Crippen molar-refractivity contribution in [3.63, 3.8) is 0 Å². The topological polar surface area (TPSA) is 24.5 Å². The molecule has 2 fully saturated rings. The molecule has 2 heterocycles. The average Bonchev–Trinajstić information content (AvgIpc) is 2.57. The van der Waals surface area contributed by atoms with Crippen molar-refractivity contribution in [1.29, 1.82) is 0 Å². The van der Waals surface area contributed by atoms with E-state index in [-0.39, 0.29) is 0 Å². The Morgan fingerprint density at radius 1 is 1.31 bits per heavy atom. The highest BCUT2D eigenvalue weighted by molar-refractivity contribution is 4.76. The molecule has 0 unspecified atom stereocenters. The third-order valence-corrected chi connectivity index (χ3v) is 2.98. The summed E-state index contributed by atoms with van der Waals surface area (Å²) in [6.45, 7) is 4.55. The minimum Gasteiger partial charge on any atom is -0.372 e. The highest BCUT2D eigenvalue weighted by Gasteiger charge is 2.23. The smallest absolute Gasteiger partial charge is 0.0715 e. The van der Waals surface area contributed by atoms with Crippen LogP contribution < -0.4 is 5.32 Å². The molecule has 76 valence electrons. The number of rotatable bonds is 2. The molecule has 0 aliphatic carbocycles. The van der Waals surface area contributed by atoms with Gasteiger partial charge in [0.25, 0.3) is 0 Å². The van der Waals surface area contributed by atoms with Crippen molar-refractivity contribution < 1.29 is 4.74 Å². The molecule has 2 rings (SSSR count). The molecule has 2 aliphatic heterocycles. The number of nitrogens with one attached hydrogen (secondary N) is 1. The Kier molecular flexibility index (Phi) is 3.19. The van der Waals surface area contributed by atoms with E-state index in [2.05, 4.69) is 17.3 Å². The first-order valence-electron chi connectivity index (χ1n) is 5.39. The Labute approximate surface area is 80.4 Å². The standard InChI is InChI=1S/C10H20N2O/c1-12-6-2-3-10(8-12)13-9-4-5-11-7-9/h9-11H,2-8H2,1H3/t9-,10+/m1/s1. The van der Waals surface area contributed by atoms with Crippen molar-refractivity contribution in [2.45, 2.75) is 31.5 Å². The van der Waals surface area contributed by atoms with Crippen molar-refractivity contribution in [3.05, 3.63) is 0 Å². The molecule has 1 N–H and O–H groups in total. The first kappa shape index (κ1) is 9.44. The van der Waals surface area contributed by atoms with Crippen LogP contribution in [-0.2, 0) is 4.74 Å². The van der Waals surface area contributed by atoms with E-state index in [0.29, 0.717) is 12.2 Å². The van der Waals surface area contributed by atoms with Crippen LogP contribution in [-0.4, -0.2) is 50.3 Å². The highest BCUT2D eigenvalue weighted by Crippen LogP contribution is 2.15.